The molecule has 4 heteroatoms. The van der Waals surface area contributed by atoms with Gasteiger partial charge in [0.2, 0.25) is 0 Å². The summed E-state index contributed by atoms with van der Waals surface area (Å²) in [6, 6.07) is 52.3. The Morgan fingerprint density at radius 1 is 0.370 bits per heavy atom. The molecule has 0 amide bonds. The fourth-order valence-corrected chi connectivity index (χ4v) is 7.04. The van der Waals surface area contributed by atoms with Crippen molar-refractivity contribution >= 4 is 82.9 Å². The van der Waals surface area contributed by atoms with Gasteiger partial charge in [0.15, 0.2) is 5.58 Å². The molecule has 0 atom stereocenters. The monoisotopic (exact) mass is 591 g/mol. The van der Waals surface area contributed by atoms with Gasteiger partial charge in [-0.05, 0) is 66.2 Å². The second-order valence-corrected chi connectivity index (χ2v) is 11.7. The van der Waals surface area contributed by atoms with Crippen molar-refractivity contribution in [1.29, 1.82) is 0 Å². The first kappa shape index (κ1) is 25.1. The smallest absolute Gasteiger partial charge is 0.159 e. The van der Waals surface area contributed by atoms with Crippen LogP contribution in [0.1, 0.15) is 0 Å². The van der Waals surface area contributed by atoms with Gasteiger partial charge in [-0.1, -0.05) is 91.0 Å². The average Bonchev–Trinajstić information content (AvgIpc) is 3.80. The molecule has 0 saturated carbocycles. The van der Waals surface area contributed by atoms with Crippen molar-refractivity contribution in [2.24, 2.45) is 0 Å². The molecule has 10 aromatic rings. The van der Waals surface area contributed by atoms with Crippen LogP contribution in [0.2, 0.25) is 0 Å². The average molecular weight is 592 g/mol. The van der Waals surface area contributed by atoms with E-state index in [1.807, 2.05) is 48.5 Å². The van der Waals surface area contributed by atoms with Gasteiger partial charge in [0.05, 0.1) is 5.69 Å². The summed E-state index contributed by atoms with van der Waals surface area (Å²) in [4.78, 5) is 2.28. The molecule has 0 bridgehead atoms. The van der Waals surface area contributed by atoms with Crippen molar-refractivity contribution in [3.63, 3.8) is 0 Å². The predicted molar refractivity (Wildman–Crippen MR) is 188 cm³/mol. The summed E-state index contributed by atoms with van der Waals surface area (Å²) in [5, 5.41) is 6.39. The summed E-state index contributed by atoms with van der Waals surface area (Å²) < 4.78 is 19.7. The summed E-state index contributed by atoms with van der Waals surface area (Å²) in [6.07, 6.45) is 0. The molecule has 216 valence electrons. The first-order valence-corrected chi connectivity index (χ1v) is 15.4. The third-order valence-electron chi connectivity index (χ3n) is 9.04. The molecule has 0 radical (unpaired) electrons. The van der Waals surface area contributed by atoms with E-state index in [9.17, 15) is 0 Å². The Morgan fingerprint density at radius 2 is 0.935 bits per heavy atom. The normalized spacial score (nSPS) is 11.9. The van der Waals surface area contributed by atoms with E-state index in [0.717, 1.165) is 94.0 Å². The molecule has 7 aromatic carbocycles. The van der Waals surface area contributed by atoms with E-state index in [0.29, 0.717) is 0 Å². The minimum atomic E-state index is 0.806. The number of hydrogen-bond acceptors (Lipinski definition) is 4. The molecule has 0 fully saturated rings. The fraction of sp³-hybridized carbons (Fsp3) is 0. The maximum Gasteiger partial charge on any atom is 0.159 e. The molecule has 0 unspecified atom stereocenters. The Balaban J connectivity index is 1.37. The third kappa shape index (κ3) is 3.61. The zero-order valence-electron chi connectivity index (χ0n) is 24.6. The van der Waals surface area contributed by atoms with Crippen LogP contribution in [0.3, 0.4) is 0 Å². The van der Waals surface area contributed by atoms with Gasteiger partial charge in [-0.3, -0.25) is 0 Å². The maximum absolute atomic E-state index is 6.85. The van der Waals surface area contributed by atoms with Crippen LogP contribution in [0, 0.1) is 0 Å². The zero-order chi connectivity index (χ0) is 30.2. The maximum atomic E-state index is 6.85. The summed E-state index contributed by atoms with van der Waals surface area (Å²) in [7, 11) is 0. The number of hydrogen-bond donors (Lipinski definition) is 0. The fourth-order valence-electron chi connectivity index (χ4n) is 7.04. The number of nitrogens with zero attached hydrogens (tertiary/aromatic N) is 1. The van der Waals surface area contributed by atoms with Gasteiger partial charge in [0.25, 0.3) is 0 Å². The summed E-state index contributed by atoms with van der Waals surface area (Å²) in [5.74, 6) is 0. The van der Waals surface area contributed by atoms with Crippen LogP contribution < -0.4 is 4.90 Å². The first-order valence-electron chi connectivity index (χ1n) is 15.4. The number of fused-ring (bicyclic) bond motifs is 10. The molecule has 0 saturated heterocycles. The van der Waals surface area contributed by atoms with Crippen molar-refractivity contribution in [3.8, 4) is 11.1 Å². The molecule has 0 spiro atoms. The van der Waals surface area contributed by atoms with Crippen molar-refractivity contribution in [2.75, 3.05) is 4.90 Å². The Bertz CT molecular complexity index is 2710. The molecule has 0 N–H and O–H groups in total. The highest BCUT2D eigenvalue weighted by atomic mass is 16.3. The number of anilines is 3. The predicted octanol–water partition coefficient (Wildman–Crippen LogP) is 12.5. The minimum Gasteiger partial charge on any atom is -0.456 e. The summed E-state index contributed by atoms with van der Waals surface area (Å²) >= 11 is 0. The van der Waals surface area contributed by atoms with Crippen molar-refractivity contribution < 1.29 is 13.3 Å². The number of furan rings is 3. The molecule has 0 aliphatic heterocycles. The summed E-state index contributed by atoms with van der Waals surface area (Å²) in [5.41, 5.74) is 10.1. The second-order valence-electron chi connectivity index (χ2n) is 11.7. The highest BCUT2D eigenvalue weighted by Gasteiger charge is 2.24. The van der Waals surface area contributed by atoms with Crippen LogP contribution in [0.4, 0.5) is 17.1 Å². The lowest BCUT2D eigenvalue weighted by Crippen LogP contribution is -2.10. The molecular formula is C42H25NO3. The molecule has 0 aliphatic carbocycles. The molecule has 4 nitrogen and oxygen atoms in total. The molecular weight excluding hydrogens is 566 g/mol. The standard InChI is InChI=1S/C42H25NO3/c1-3-12-27(13-4-1)43(28-14-5-2-6-15-28)34-25-26(29-18-11-19-31-30-16-7-9-20-35(30)45-41(29)31)24-33-40-38(46-42(33)34)23-22-37-39(40)32-17-8-10-21-36(32)44-37/h1-25H. The highest BCUT2D eigenvalue weighted by Crippen LogP contribution is 2.48. The van der Waals surface area contributed by atoms with E-state index in [1.165, 1.54) is 0 Å². The number of benzene rings is 7. The Morgan fingerprint density at radius 3 is 1.67 bits per heavy atom. The van der Waals surface area contributed by atoms with Gasteiger partial charge in [-0.15, -0.1) is 0 Å². The van der Waals surface area contributed by atoms with E-state index in [4.69, 9.17) is 13.3 Å². The van der Waals surface area contributed by atoms with E-state index in [-0.39, 0.29) is 0 Å². The van der Waals surface area contributed by atoms with E-state index in [2.05, 4.69) is 108 Å². The molecule has 3 aromatic heterocycles. The van der Waals surface area contributed by atoms with Crippen LogP contribution in [0.25, 0.3) is 76.9 Å². The molecule has 46 heavy (non-hydrogen) atoms. The second kappa shape index (κ2) is 9.62. The zero-order valence-corrected chi connectivity index (χ0v) is 24.6. The quantitative estimate of drug-likeness (QED) is 0.204. The van der Waals surface area contributed by atoms with Crippen molar-refractivity contribution in [1.82, 2.24) is 0 Å². The van der Waals surface area contributed by atoms with Gasteiger partial charge in [-0.25, -0.2) is 0 Å². The first-order chi connectivity index (χ1) is 22.8. The van der Waals surface area contributed by atoms with E-state index in [1.54, 1.807) is 0 Å². The largest absolute Gasteiger partial charge is 0.456 e. The summed E-state index contributed by atoms with van der Waals surface area (Å²) in [6.45, 7) is 0. The Labute approximate surface area is 263 Å². The van der Waals surface area contributed by atoms with Crippen LogP contribution in [0.5, 0.6) is 0 Å². The van der Waals surface area contributed by atoms with Gasteiger partial charge < -0.3 is 18.2 Å². The van der Waals surface area contributed by atoms with Gasteiger partial charge >= 0.3 is 0 Å². The third-order valence-corrected chi connectivity index (χ3v) is 9.04. The minimum absolute atomic E-state index is 0.806. The van der Waals surface area contributed by atoms with E-state index >= 15 is 0 Å². The number of para-hydroxylation sites is 5. The lowest BCUT2D eigenvalue weighted by molar-refractivity contribution is 0.663. The Hall–Kier alpha value is -6.26. The molecule has 0 aliphatic rings. The number of rotatable bonds is 4. The lowest BCUT2D eigenvalue weighted by atomic mass is 9.97. The van der Waals surface area contributed by atoms with Crippen LogP contribution in [0.15, 0.2) is 165 Å². The molecule has 3 heterocycles. The van der Waals surface area contributed by atoms with Crippen molar-refractivity contribution in [3.05, 3.63) is 152 Å². The Kier molecular flexibility index (Phi) is 5.25. The van der Waals surface area contributed by atoms with Crippen LogP contribution in [-0.4, -0.2) is 0 Å². The van der Waals surface area contributed by atoms with Crippen LogP contribution in [-0.2, 0) is 0 Å². The highest BCUT2D eigenvalue weighted by molar-refractivity contribution is 6.27. The lowest BCUT2D eigenvalue weighted by Gasteiger charge is -2.26. The van der Waals surface area contributed by atoms with Crippen LogP contribution >= 0.6 is 0 Å². The van der Waals surface area contributed by atoms with Gasteiger partial charge in [0, 0.05) is 49.3 Å². The topological polar surface area (TPSA) is 42.7 Å². The van der Waals surface area contributed by atoms with Gasteiger partial charge in [-0.2, -0.15) is 0 Å². The molecule has 10 rings (SSSR count). The van der Waals surface area contributed by atoms with E-state index < -0.39 is 0 Å². The van der Waals surface area contributed by atoms with Crippen molar-refractivity contribution in [2.45, 2.75) is 0 Å². The SMILES string of the molecule is c1ccc(N(c2ccccc2)c2cc(-c3cccc4c3oc3ccccc34)cc3c2oc2ccc4oc5ccccc5c4c23)cc1. The van der Waals surface area contributed by atoms with Gasteiger partial charge in [0.1, 0.15) is 27.9 Å².